The number of phenols is 2. The number of hydrogen-bond donors (Lipinski definition) is 2. The maximum atomic E-state index is 12.9. The second kappa shape index (κ2) is 15.9. The number of esters is 2. The quantitative estimate of drug-likeness (QED) is 0.141. The fourth-order valence-corrected chi connectivity index (χ4v) is 4.23. The normalized spacial score (nSPS) is 10.9. The van der Waals surface area contributed by atoms with Crippen LogP contribution in [-0.2, 0) is 17.6 Å². The summed E-state index contributed by atoms with van der Waals surface area (Å²) in [4.78, 5) is 25.7. The molecule has 0 unspecified atom stereocenters. The number of benzene rings is 2. The van der Waals surface area contributed by atoms with Gasteiger partial charge >= 0.3 is 11.9 Å². The van der Waals surface area contributed by atoms with E-state index in [1.807, 2.05) is 6.92 Å². The van der Waals surface area contributed by atoms with E-state index in [4.69, 9.17) is 9.47 Å². The molecule has 0 aliphatic rings. The van der Waals surface area contributed by atoms with Crippen molar-refractivity contribution in [2.24, 2.45) is 0 Å². The van der Waals surface area contributed by atoms with Crippen LogP contribution in [0.5, 0.6) is 17.2 Å². The van der Waals surface area contributed by atoms with E-state index in [0.29, 0.717) is 30.6 Å². The van der Waals surface area contributed by atoms with E-state index in [1.165, 1.54) is 31.4 Å². The van der Waals surface area contributed by atoms with Gasteiger partial charge in [0.1, 0.15) is 28.4 Å². The van der Waals surface area contributed by atoms with Gasteiger partial charge in [-0.2, -0.15) is 0 Å². The van der Waals surface area contributed by atoms with E-state index in [1.54, 1.807) is 18.2 Å². The van der Waals surface area contributed by atoms with E-state index in [2.05, 4.69) is 13.8 Å². The molecule has 0 saturated heterocycles. The number of para-hydroxylation sites is 1. The van der Waals surface area contributed by atoms with E-state index in [9.17, 15) is 19.8 Å². The predicted octanol–water partition coefficient (Wildman–Crippen LogP) is 7.52. The summed E-state index contributed by atoms with van der Waals surface area (Å²) in [7, 11) is 0. The van der Waals surface area contributed by atoms with Crippen molar-refractivity contribution in [1.82, 2.24) is 0 Å². The molecule has 0 heterocycles. The number of carbonyl (C=O) groups is 2. The molecule has 6 nitrogen and oxygen atoms in total. The van der Waals surface area contributed by atoms with Crippen molar-refractivity contribution in [3.8, 4) is 17.2 Å². The molecule has 0 aromatic heterocycles. The highest BCUT2D eigenvalue weighted by Crippen LogP contribution is 2.38. The highest BCUT2D eigenvalue weighted by Gasteiger charge is 2.25. The number of rotatable bonds is 16. The first kappa shape index (κ1) is 29.2. The first-order valence-corrected chi connectivity index (χ1v) is 13.5. The van der Waals surface area contributed by atoms with Crippen molar-refractivity contribution in [2.45, 2.75) is 97.8 Å². The van der Waals surface area contributed by atoms with Gasteiger partial charge in [0.15, 0.2) is 0 Å². The predicted molar refractivity (Wildman–Crippen MR) is 142 cm³/mol. The molecule has 0 fully saturated rings. The van der Waals surface area contributed by atoms with Crippen molar-refractivity contribution in [1.29, 1.82) is 0 Å². The molecule has 0 aliphatic heterocycles. The monoisotopic (exact) mass is 498 g/mol. The largest absolute Gasteiger partial charge is 0.507 e. The molecule has 198 valence electrons. The van der Waals surface area contributed by atoms with Gasteiger partial charge in [-0.1, -0.05) is 84.3 Å². The van der Waals surface area contributed by atoms with Gasteiger partial charge in [-0.25, -0.2) is 9.59 Å². The van der Waals surface area contributed by atoms with Crippen molar-refractivity contribution < 1.29 is 29.3 Å². The van der Waals surface area contributed by atoms with Crippen molar-refractivity contribution in [2.75, 3.05) is 6.61 Å². The van der Waals surface area contributed by atoms with Gasteiger partial charge in [0.25, 0.3) is 0 Å². The first-order valence-electron chi connectivity index (χ1n) is 13.5. The third kappa shape index (κ3) is 8.58. The van der Waals surface area contributed by atoms with Crippen LogP contribution in [0, 0.1) is 0 Å². The minimum Gasteiger partial charge on any atom is -0.507 e. The van der Waals surface area contributed by atoms with Crippen molar-refractivity contribution in [3.05, 3.63) is 52.6 Å². The zero-order valence-electron chi connectivity index (χ0n) is 22.1. The van der Waals surface area contributed by atoms with E-state index in [-0.39, 0.29) is 28.4 Å². The first-order chi connectivity index (χ1) is 17.4. The lowest BCUT2D eigenvalue weighted by Gasteiger charge is -2.18. The fourth-order valence-electron chi connectivity index (χ4n) is 4.23. The molecule has 6 heteroatoms. The minimum atomic E-state index is -0.711. The Balaban J connectivity index is 2.32. The zero-order chi connectivity index (χ0) is 26.3. The molecule has 0 aliphatic carbocycles. The Labute approximate surface area is 215 Å². The molecular weight excluding hydrogens is 456 g/mol. The van der Waals surface area contributed by atoms with Crippen LogP contribution in [-0.4, -0.2) is 28.8 Å². The van der Waals surface area contributed by atoms with Crippen LogP contribution >= 0.6 is 0 Å². The molecule has 2 N–H and O–H groups in total. The molecule has 36 heavy (non-hydrogen) atoms. The number of aryl methyl sites for hydroxylation is 1. The molecule has 0 amide bonds. The summed E-state index contributed by atoms with van der Waals surface area (Å²) in [5.74, 6) is -1.41. The van der Waals surface area contributed by atoms with Gasteiger partial charge < -0.3 is 19.7 Å². The van der Waals surface area contributed by atoms with E-state index < -0.39 is 11.9 Å². The average molecular weight is 499 g/mol. The Morgan fingerprint density at radius 1 is 0.778 bits per heavy atom. The van der Waals surface area contributed by atoms with Gasteiger partial charge in [-0.15, -0.1) is 0 Å². The lowest BCUT2D eigenvalue weighted by Crippen LogP contribution is -2.14. The number of phenolic OH excluding ortho intramolecular Hbond substituents is 2. The highest BCUT2D eigenvalue weighted by molar-refractivity contribution is 5.96. The molecule has 0 atom stereocenters. The molecular formula is C30H42O6. The second-order valence-corrected chi connectivity index (χ2v) is 9.21. The van der Waals surface area contributed by atoms with Crippen LogP contribution in [0.25, 0.3) is 0 Å². The van der Waals surface area contributed by atoms with Gasteiger partial charge in [0.2, 0.25) is 0 Å². The molecule has 2 aromatic carbocycles. The van der Waals surface area contributed by atoms with E-state index >= 15 is 0 Å². The van der Waals surface area contributed by atoms with Crippen molar-refractivity contribution in [3.63, 3.8) is 0 Å². The number of ether oxygens (including phenoxy) is 2. The molecule has 0 bridgehead atoms. The fraction of sp³-hybridized carbons (Fsp3) is 0.533. The van der Waals surface area contributed by atoms with Crippen molar-refractivity contribution >= 4 is 11.9 Å². The number of unbranched alkanes of at least 4 members (excludes halogenated alkanes) is 8. The third-order valence-electron chi connectivity index (χ3n) is 6.35. The van der Waals surface area contributed by atoms with Crippen LogP contribution in [0.4, 0.5) is 0 Å². The Morgan fingerprint density at radius 2 is 1.42 bits per heavy atom. The summed E-state index contributed by atoms with van der Waals surface area (Å²) in [6, 6.07) is 7.78. The number of carbonyl (C=O) groups excluding carboxylic acids is 2. The van der Waals surface area contributed by atoms with E-state index in [0.717, 1.165) is 44.9 Å². The SMILES string of the molecule is CCCCCCCCc1cc(C(=O)OCCCCCC)c(O)c(CC)c1OC(=O)c1ccccc1O. The van der Waals surface area contributed by atoms with Crippen LogP contribution < -0.4 is 4.74 Å². The Hall–Kier alpha value is -3.02. The van der Waals surface area contributed by atoms with Gasteiger partial charge in [0, 0.05) is 5.56 Å². The summed E-state index contributed by atoms with van der Waals surface area (Å²) in [5, 5.41) is 21.1. The Bertz CT molecular complexity index is 982. The van der Waals surface area contributed by atoms with Gasteiger partial charge in [0.05, 0.1) is 6.61 Å². The molecule has 0 saturated carbocycles. The van der Waals surface area contributed by atoms with Crippen LogP contribution in [0.2, 0.25) is 0 Å². The minimum absolute atomic E-state index is 0.0418. The summed E-state index contributed by atoms with van der Waals surface area (Å²) >= 11 is 0. The maximum absolute atomic E-state index is 12.9. The van der Waals surface area contributed by atoms with Crippen LogP contribution in [0.15, 0.2) is 30.3 Å². The summed E-state index contributed by atoms with van der Waals surface area (Å²) in [6.07, 6.45) is 11.5. The average Bonchev–Trinajstić information content (AvgIpc) is 2.87. The summed E-state index contributed by atoms with van der Waals surface area (Å²) in [6.45, 7) is 6.44. The third-order valence-corrected chi connectivity index (χ3v) is 6.35. The highest BCUT2D eigenvalue weighted by atomic mass is 16.5. The number of hydrogen-bond acceptors (Lipinski definition) is 6. The summed E-state index contributed by atoms with van der Waals surface area (Å²) < 4.78 is 11.2. The maximum Gasteiger partial charge on any atom is 0.347 e. The van der Waals surface area contributed by atoms with Crippen LogP contribution in [0.3, 0.4) is 0 Å². The lowest BCUT2D eigenvalue weighted by molar-refractivity contribution is 0.0494. The smallest absolute Gasteiger partial charge is 0.347 e. The topological polar surface area (TPSA) is 93.1 Å². The Morgan fingerprint density at radius 3 is 2.08 bits per heavy atom. The summed E-state index contributed by atoms with van der Waals surface area (Å²) in [5.41, 5.74) is 1.22. The molecule has 0 spiro atoms. The Kier molecular flexibility index (Phi) is 12.9. The number of aromatic hydroxyl groups is 2. The van der Waals surface area contributed by atoms with Gasteiger partial charge in [-0.05, 0) is 49.4 Å². The van der Waals surface area contributed by atoms with Crippen LogP contribution in [0.1, 0.15) is 117 Å². The zero-order valence-corrected chi connectivity index (χ0v) is 22.1. The molecule has 0 radical (unpaired) electrons. The van der Waals surface area contributed by atoms with Gasteiger partial charge in [-0.3, -0.25) is 0 Å². The second-order valence-electron chi connectivity index (χ2n) is 9.21. The molecule has 2 rings (SSSR count). The molecule has 2 aromatic rings. The lowest BCUT2D eigenvalue weighted by atomic mass is 9.96. The standard InChI is InChI=1S/C30H42O6/c1-4-7-9-11-12-13-17-22-21-25(29(33)35-20-16-10-8-5-2)27(32)23(6-3)28(22)36-30(34)24-18-14-15-19-26(24)31/h14-15,18-19,21,31-32H,4-13,16-17,20H2,1-3H3.